The van der Waals surface area contributed by atoms with Crippen LogP contribution in [0.2, 0.25) is 0 Å². The van der Waals surface area contributed by atoms with Crippen molar-refractivity contribution in [3.8, 4) is 5.75 Å². The second kappa shape index (κ2) is 7.32. The summed E-state index contributed by atoms with van der Waals surface area (Å²) in [6.07, 6.45) is 2.85. The summed E-state index contributed by atoms with van der Waals surface area (Å²) in [6, 6.07) is 4.41. The van der Waals surface area contributed by atoms with Crippen LogP contribution in [-0.2, 0) is 14.3 Å². The van der Waals surface area contributed by atoms with Crippen LogP contribution in [0.3, 0.4) is 0 Å². The molecular weight excluding hydrogens is 348 g/mol. The Bertz CT molecular complexity index is 753. The van der Waals surface area contributed by atoms with Crippen LogP contribution in [0.4, 0.5) is 5.69 Å². The molecular formula is C20H26N2O5. The number of carbonyl (C=O) groups is 2. The number of anilines is 1. The molecule has 1 unspecified atom stereocenters. The summed E-state index contributed by atoms with van der Waals surface area (Å²) in [7, 11) is 0. The quantitative estimate of drug-likeness (QED) is 0.626. The fraction of sp³-hybridized carbons (Fsp3) is 0.500. The molecule has 2 aliphatic rings. The second-order valence-corrected chi connectivity index (χ2v) is 7.79. The zero-order chi connectivity index (χ0) is 19.7. The highest BCUT2D eigenvalue weighted by Gasteiger charge is 2.47. The first-order valence-corrected chi connectivity index (χ1v) is 9.07. The molecule has 1 atom stereocenters. The predicted octanol–water partition coefficient (Wildman–Crippen LogP) is 2.32. The Labute approximate surface area is 158 Å². The number of ether oxygens (including phenoxy) is 2. The fourth-order valence-electron chi connectivity index (χ4n) is 3.84. The van der Waals surface area contributed by atoms with Crippen LogP contribution in [0.5, 0.6) is 5.75 Å². The number of morpholine rings is 1. The summed E-state index contributed by atoms with van der Waals surface area (Å²) in [5.41, 5.74) is -0.496. The number of amides is 2. The predicted molar refractivity (Wildman–Crippen MR) is 101 cm³/mol. The van der Waals surface area contributed by atoms with Gasteiger partial charge in [-0.2, -0.15) is 0 Å². The number of nitrogens with one attached hydrogen (secondary N) is 1. The van der Waals surface area contributed by atoms with E-state index in [2.05, 4.69) is 11.9 Å². The Morgan fingerprint density at radius 3 is 2.78 bits per heavy atom. The highest BCUT2D eigenvalue weighted by atomic mass is 16.6. The summed E-state index contributed by atoms with van der Waals surface area (Å²) in [5, 5.41) is 12.8. The number of phenols is 1. The van der Waals surface area contributed by atoms with E-state index in [4.69, 9.17) is 9.47 Å². The lowest BCUT2D eigenvalue weighted by Crippen LogP contribution is -2.63. The number of aromatic hydroxyl groups is 1. The van der Waals surface area contributed by atoms with Crippen LogP contribution in [0.25, 0.3) is 0 Å². The minimum atomic E-state index is -0.529. The number of nitrogens with zero attached hydrogens (tertiary/aromatic N) is 1. The van der Waals surface area contributed by atoms with Crippen molar-refractivity contribution in [2.45, 2.75) is 37.9 Å². The van der Waals surface area contributed by atoms with Gasteiger partial charge in [-0.3, -0.25) is 9.59 Å². The molecule has 0 saturated carbocycles. The minimum absolute atomic E-state index is 0.130. The molecule has 0 aromatic heterocycles. The van der Waals surface area contributed by atoms with Crippen LogP contribution in [0.15, 0.2) is 30.9 Å². The molecule has 7 heteroatoms. The van der Waals surface area contributed by atoms with E-state index < -0.39 is 11.2 Å². The van der Waals surface area contributed by atoms with Gasteiger partial charge in [0.05, 0.1) is 24.3 Å². The zero-order valence-electron chi connectivity index (χ0n) is 15.8. The number of carbonyl (C=O) groups excluding carboxylic acids is 2. The zero-order valence-corrected chi connectivity index (χ0v) is 15.8. The molecule has 2 aliphatic heterocycles. The first-order chi connectivity index (χ1) is 12.7. The van der Waals surface area contributed by atoms with Crippen molar-refractivity contribution in [3.05, 3.63) is 36.4 Å². The van der Waals surface area contributed by atoms with Crippen molar-refractivity contribution >= 4 is 17.5 Å². The molecule has 1 spiro atoms. The van der Waals surface area contributed by atoms with Crippen molar-refractivity contribution in [1.29, 1.82) is 0 Å². The summed E-state index contributed by atoms with van der Waals surface area (Å²) in [6.45, 7) is 9.25. The van der Waals surface area contributed by atoms with Crippen LogP contribution < -0.4 is 5.32 Å². The van der Waals surface area contributed by atoms with Gasteiger partial charge in [0.2, 0.25) is 5.91 Å². The number of rotatable bonds is 3. The Morgan fingerprint density at radius 1 is 1.33 bits per heavy atom. The summed E-state index contributed by atoms with van der Waals surface area (Å²) < 4.78 is 11.9. The monoisotopic (exact) mass is 374 g/mol. The molecule has 2 N–H and O–H groups in total. The van der Waals surface area contributed by atoms with Crippen molar-refractivity contribution in [1.82, 2.24) is 4.90 Å². The number of benzene rings is 1. The van der Waals surface area contributed by atoms with E-state index in [1.54, 1.807) is 4.90 Å². The third-order valence-electron chi connectivity index (χ3n) is 4.80. The molecule has 2 saturated heterocycles. The van der Waals surface area contributed by atoms with E-state index in [-0.39, 0.29) is 23.1 Å². The van der Waals surface area contributed by atoms with E-state index >= 15 is 0 Å². The van der Waals surface area contributed by atoms with Gasteiger partial charge < -0.3 is 24.8 Å². The molecule has 0 aliphatic carbocycles. The van der Waals surface area contributed by atoms with Gasteiger partial charge in [0.1, 0.15) is 11.4 Å². The first kappa shape index (κ1) is 19.4. The Balaban J connectivity index is 1.86. The molecule has 0 radical (unpaired) electrons. The smallest absolute Gasteiger partial charge is 0.257 e. The van der Waals surface area contributed by atoms with E-state index in [0.717, 1.165) is 18.9 Å². The lowest BCUT2D eigenvalue weighted by Gasteiger charge is -2.51. The van der Waals surface area contributed by atoms with Gasteiger partial charge in [0.15, 0.2) is 0 Å². The highest BCUT2D eigenvalue weighted by Crippen LogP contribution is 2.36. The summed E-state index contributed by atoms with van der Waals surface area (Å²) >= 11 is 0. The normalized spacial score (nSPS) is 24.4. The maximum absolute atomic E-state index is 13.2. The van der Waals surface area contributed by atoms with Crippen molar-refractivity contribution < 1.29 is 24.2 Å². The molecule has 1 aromatic rings. The third-order valence-corrected chi connectivity index (χ3v) is 4.80. The van der Waals surface area contributed by atoms with Gasteiger partial charge in [-0.25, -0.2) is 0 Å². The van der Waals surface area contributed by atoms with Crippen LogP contribution in [-0.4, -0.2) is 59.3 Å². The van der Waals surface area contributed by atoms with Crippen molar-refractivity contribution in [3.63, 3.8) is 0 Å². The molecule has 2 amide bonds. The average Bonchev–Trinajstić information content (AvgIpc) is 2.61. The molecule has 0 bridgehead atoms. The maximum Gasteiger partial charge on any atom is 0.257 e. The van der Waals surface area contributed by atoms with Gasteiger partial charge in [-0.05, 0) is 51.0 Å². The summed E-state index contributed by atoms with van der Waals surface area (Å²) in [4.78, 5) is 26.4. The van der Waals surface area contributed by atoms with E-state index in [9.17, 15) is 14.7 Å². The largest absolute Gasteiger partial charge is 0.507 e. The van der Waals surface area contributed by atoms with Gasteiger partial charge in [0.25, 0.3) is 5.91 Å². The van der Waals surface area contributed by atoms with Crippen molar-refractivity contribution in [2.24, 2.45) is 0 Å². The van der Waals surface area contributed by atoms with Gasteiger partial charge >= 0.3 is 0 Å². The fourth-order valence-corrected chi connectivity index (χ4v) is 3.84. The molecule has 2 heterocycles. The third kappa shape index (κ3) is 4.31. The van der Waals surface area contributed by atoms with Gasteiger partial charge in [-0.1, -0.05) is 6.58 Å². The molecule has 3 rings (SSSR count). The lowest BCUT2D eigenvalue weighted by atomic mass is 9.90. The topological polar surface area (TPSA) is 88.1 Å². The maximum atomic E-state index is 13.2. The van der Waals surface area contributed by atoms with E-state index in [0.29, 0.717) is 32.0 Å². The molecule has 146 valence electrons. The van der Waals surface area contributed by atoms with Crippen molar-refractivity contribution in [2.75, 3.05) is 31.6 Å². The van der Waals surface area contributed by atoms with E-state index in [1.165, 1.54) is 18.2 Å². The standard InChI is InChI=1S/C20H26N2O5/c1-4-17(24)21-14-6-7-16(23)15(10-14)18(25)22-11-19(2,3)27-20(12-22)8-5-9-26-13-20/h4,6-7,10,23H,1,5,8-9,11-13H2,2-3H3,(H,21,24). The molecule has 7 nitrogen and oxygen atoms in total. The minimum Gasteiger partial charge on any atom is -0.507 e. The summed E-state index contributed by atoms with van der Waals surface area (Å²) in [5.74, 6) is -0.816. The Morgan fingerprint density at radius 2 is 2.11 bits per heavy atom. The number of phenolic OH excluding ortho intramolecular Hbond substituents is 1. The van der Waals surface area contributed by atoms with Gasteiger partial charge in [0, 0.05) is 18.8 Å². The van der Waals surface area contributed by atoms with E-state index in [1.807, 2.05) is 13.8 Å². The second-order valence-electron chi connectivity index (χ2n) is 7.79. The number of hydrogen-bond acceptors (Lipinski definition) is 5. The Kier molecular flexibility index (Phi) is 5.26. The molecule has 27 heavy (non-hydrogen) atoms. The Hall–Kier alpha value is -2.38. The van der Waals surface area contributed by atoms with Gasteiger partial charge in [-0.15, -0.1) is 0 Å². The molecule has 2 fully saturated rings. The van der Waals surface area contributed by atoms with Crippen LogP contribution in [0.1, 0.15) is 37.0 Å². The van der Waals surface area contributed by atoms with Crippen LogP contribution in [0, 0.1) is 0 Å². The molecule has 1 aromatic carbocycles. The number of hydrogen-bond donors (Lipinski definition) is 2. The SMILES string of the molecule is C=CC(=O)Nc1ccc(O)c(C(=O)N2CC(C)(C)OC3(CCCOC3)C2)c1. The highest BCUT2D eigenvalue weighted by molar-refractivity contribution is 6.02. The first-order valence-electron chi connectivity index (χ1n) is 9.07. The lowest BCUT2D eigenvalue weighted by molar-refractivity contribution is -0.225. The van der Waals surface area contributed by atoms with Crippen LogP contribution >= 0.6 is 0 Å². The average molecular weight is 374 g/mol.